The fraction of sp³-hybridized carbons (Fsp3) is 0.500. The summed E-state index contributed by atoms with van der Waals surface area (Å²) in [5, 5.41) is 2.82. The second-order valence-corrected chi connectivity index (χ2v) is 4.75. The number of carbonyl (C=O) groups excluding carboxylic acids is 1. The second kappa shape index (κ2) is 4.37. The molecule has 1 amide bonds. The molecule has 96 valence electrons. The summed E-state index contributed by atoms with van der Waals surface area (Å²) in [5.74, 6) is -1.39. The highest BCUT2D eigenvalue weighted by Gasteiger charge is 2.52. The smallest absolute Gasteiger partial charge is 0.289 e. The van der Waals surface area contributed by atoms with Crippen molar-refractivity contribution in [2.45, 2.75) is 32.0 Å². The summed E-state index contributed by atoms with van der Waals surface area (Å²) in [7, 11) is 0. The van der Waals surface area contributed by atoms with Gasteiger partial charge in [0.2, 0.25) is 0 Å². The lowest BCUT2D eigenvalue weighted by Crippen LogP contribution is -2.35. The van der Waals surface area contributed by atoms with Crippen molar-refractivity contribution in [1.29, 1.82) is 0 Å². The van der Waals surface area contributed by atoms with Gasteiger partial charge in [-0.25, -0.2) is 0 Å². The van der Waals surface area contributed by atoms with Crippen LogP contribution in [0.1, 0.15) is 30.9 Å². The summed E-state index contributed by atoms with van der Waals surface area (Å²) in [4.78, 5) is 12.0. The molecule has 0 unspecified atom stereocenters. The lowest BCUT2D eigenvalue weighted by molar-refractivity contribution is -0.178. The first-order chi connectivity index (χ1) is 8.76. The van der Waals surface area contributed by atoms with E-state index in [1.807, 2.05) is 12.1 Å². The molecule has 3 rings (SSSR count). The molecule has 1 aromatic rings. The third-order valence-electron chi connectivity index (χ3n) is 3.50. The second-order valence-electron chi connectivity index (χ2n) is 4.75. The van der Waals surface area contributed by atoms with Crippen molar-refractivity contribution in [2.24, 2.45) is 0 Å². The Bertz CT molecular complexity index is 478. The lowest BCUT2D eigenvalue weighted by Gasteiger charge is -2.19. The third-order valence-corrected chi connectivity index (χ3v) is 3.50. The number of anilines is 1. The number of amides is 1. The average molecular weight is 247 g/mol. The Morgan fingerprint density at radius 3 is 2.83 bits per heavy atom. The van der Waals surface area contributed by atoms with Gasteiger partial charge in [-0.15, -0.1) is 0 Å². The topological polar surface area (TPSA) is 47.6 Å². The molecule has 1 fully saturated rings. The summed E-state index contributed by atoms with van der Waals surface area (Å²) >= 11 is 0. The maximum atomic E-state index is 12.0. The van der Waals surface area contributed by atoms with E-state index in [9.17, 15) is 4.79 Å². The Balaban J connectivity index is 1.97. The van der Waals surface area contributed by atoms with Crippen LogP contribution in [0.5, 0.6) is 0 Å². The van der Waals surface area contributed by atoms with Gasteiger partial charge in [0.25, 0.3) is 11.7 Å². The number of hydrogen-bond donors (Lipinski definition) is 1. The fourth-order valence-corrected chi connectivity index (χ4v) is 2.54. The van der Waals surface area contributed by atoms with Crippen molar-refractivity contribution in [1.82, 2.24) is 0 Å². The van der Waals surface area contributed by atoms with E-state index in [0.717, 1.165) is 30.5 Å². The van der Waals surface area contributed by atoms with Crippen molar-refractivity contribution < 1.29 is 14.3 Å². The zero-order valence-electron chi connectivity index (χ0n) is 10.5. The standard InChI is InChI=1S/C14H17NO3/c1-2-3-4-10-5-6-12-11(9-10)14(13(16)15-12)17-7-8-18-14/h5-6,9H,2-4,7-8H2,1H3,(H,15,16). The molecule has 0 atom stereocenters. The van der Waals surface area contributed by atoms with Gasteiger partial charge in [-0.3, -0.25) is 4.79 Å². The predicted molar refractivity (Wildman–Crippen MR) is 67.3 cm³/mol. The number of rotatable bonds is 3. The van der Waals surface area contributed by atoms with Crippen LogP contribution in [0.25, 0.3) is 0 Å². The van der Waals surface area contributed by atoms with Crippen molar-refractivity contribution in [2.75, 3.05) is 18.5 Å². The van der Waals surface area contributed by atoms with Crippen LogP contribution >= 0.6 is 0 Å². The zero-order valence-corrected chi connectivity index (χ0v) is 10.5. The van der Waals surface area contributed by atoms with Gasteiger partial charge in [0.05, 0.1) is 18.9 Å². The van der Waals surface area contributed by atoms with Gasteiger partial charge >= 0.3 is 0 Å². The number of ether oxygens (including phenoxy) is 2. The largest absolute Gasteiger partial charge is 0.336 e. The first-order valence-electron chi connectivity index (χ1n) is 6.49. The van der Waals surface area contributed by atoms with E-state index in [1.165, 1.54) is 5.56 Å². The van der Waals surface area contributed by atoms with Gasteiger partial charge in [0.15, 0.2) is 0 Å². The minimum atomic E-state index is -1.18. The molecule has 4 heteroatoms. The first kappa shape index (κ1) is 11.7. The Morgan fingerprint density at radius 1 is 1.33 bits per heavy atom. The predicted octanol–water partition coefficient (Wildman–Crippen LogP) is 2.18. The lowest BCUT2D eigenvalue weighted by atomic mass is 10.0. The van der Waals surface area contributed by atoms with Gasteiger partial charge < -0.3 is 14.8 Å². The van der Waals surface area contributed by atoms with Gasteiger partial charge in [-0.05, 0) is 30.5 Å². The molecule has 0 saturated carbocycles. The SMILES string of the molecule is CCCCc1ccc2c(c1)C1(OCCO1)C(=O)N2. The first-order valence-corrected chi connectivity index (χ1v) is 6.49. The molecule has 4 nitrogen and oxygen atoms in total. The van der Waals surface area contributed by atoms with E-state index >= 15 is 0 Å². The highest BCUT2D eigenvalue weighted by molar-refractivity contribution is 6.04. The highest BCUT2D eigenvalue weighted by atomic mass is 16.7. The Morgan fingerprint density at radius 2 is 2.11 bits per heavy atom. The molecule has 2 heterocycles. The van der Waals surface area contributed by atoms with Crippen LogP contribution in [-0.2, 0) is 26.5 Å². The van der Waals surface area contributed by atoms with E-state index in [2.05, 4.69) is 18.3 Å². The molecule has 1 saturated heterocycles. The van der Waals surface area contributed by atoms with Gasteiger partial charge in [-0.2, -0.15) is 0 Å². The van der Waals surface area contributed by atoms with Gasteiger partial charge in [0.1, 0.15) is 0 Å². The molecule has 0 radical (unpaired) electrons. The highest BCUT2D eigenvalue weighted by Crippen LogP contribution is 2.42. The van der Waals surface area contributed by atoms with Crippen LogP contribution in [0.2, 0.25) is 0 Å². The summed E-state index contributed by atoms with van der Waals surface area (Å²) in [6, 6.07) is 6.04. The Kier molecular flexibility index (Phi) is 2.84. The van der Waals surface area contributed by atoms with Crippen molar-refractivity contribution in [3.63, 3.8) is 0 Å². The number of nitrogens with one attached hydrogen (secondary N) is 1. The van der Waals surface area contributed by atoms with Crippen LogP contribution in [0.3, 0.4) is 0 Å². The third kappa shape index (κ3) is 1.64. The molecule has 1 aromatic carbocycles. The summed E-state index contributed by atoms with van der Waals surface area (Å²) < 4.78 is 11.1. The molecule has 0 aliphatic carbocycles. The van der Waals surface area contributed by atoms with Crippen LogP contribution in [-0.4, -0.2) is 19.1 Å². The molecule has 0 bridgehead atoms. The molecule has 1 spiro atoms. The van der Waals surface area contributed by atoms with E-state index in [0.29, 0.717) is 13.2 Å². The number of unbranched alkanes of at least 4 members (excludes halogenated alkanes) is 1. The number of carbonyl (C=O) groups is 1. The summed E-state index contributed by atoms with van der Waals surface area (Å²) in [6.45, 7) is 3.10. The van der Waals surface area contributed by atoms with E-state index in [1.54, 1.807) is 0 Å². The summed E-state index contributed by atoms with van der Waals surface area (Å²) in [5.41, 5.74) is 2.87. The summed E-state index contributed by atoms with van der Waals surface area (Å²) in [6.07, 6.45) is 3.33. The average Bonchev–Trinajstić information content (AvgIpc) is 2.96. The van der Waals surface area contributed by atoms with Crippen LogP contribution in [0.15, 0.2) is 18.2 Å². The number of fused-ring (bicyclic) bond motifs is 2. The van der Waals surface area contributed by atoms with Crippen LogP contribution in [0, 0.1) is 0 Å². The maximum Gasteiger partial charge on any atom is 0.289 e. The molecule has 1 N–H and O–H groups in total. The van der Waals surface area contributed by atoms with E-state index in [4.69, 9.17) is 9.47 Å². The fourth-order valence-electron chi connectivity index (χ4n) is 2.54. The normalized spacial score (nSPS) is 20.2. The molecule has 2 aliphatic rings. The van der Waals surface area contributed by atoms with Crippen molar-refractivity contribution >= 4 is 11.6 Å². The zero-order chi connectivity index (χ0) is 12.6. The number of aryl methyl sites for hydroxylation is 1. The minimum Gasteiger partial charge on any atom is -0.336 e. The Hall–Kier alpha value is -1.39. The van der Waals surface area contributed by atoms with Gasteiger partial charge in [0, 0.05) is 5.56 Å². The molecule has 18 heavy (non-hydrogen) atoms. The van der Waals surface area contributed by atoms with E-state index in [-0.39, 0.29) is 5.91 Å². The maximum absolute atomic E-state index is 12.0. The molecular formula is C14H17NO3. The number of benzene rings is 1. The Labute approximate surface area is 106 Å². The minimum absolute atomic E-state index is 0.206. The van der Waals surface area contributed by atoms with Crippen molar-refractivity contribution in [3.05, 3.63) is 29.3 Å². The molecule has 2 aliphatic heterocycles. The van der Waals surface area contributed by atoms with Crippen molar-refractivity contribution in [3.8, 4) is 0 Å². The molecule has 0 aromatic heterocycles. The van der Waals surface area contributed by atoms with Gasteiger partial charge in [-0.1, -0.05) is 19.4 Å². The van der Waals surface area contributed by atoms with Crippen LogP contribution in [0.4, 0.5) is 5.69 Å². The van der Waals surface area contributed by atoms with E-state index < -0.39 is 5.79 Å². The quantitative estimate of drug-likeness (QED) is 0.890. The monoisotopic (exact) mass is 247 g/mol. The van der Waals surface area contributed by atoms with Crippen LogP contribution < -0.4 is 5.32 Å². The number of hydrogen-bond acceptors (Lipinski definition) is 3. The molecular weight excluding hydrogens is 230 g/mol.